The average Bonchev–Trinajstić information content (AvgIpc) is 2.64. The van der Waals surface area contributed by atoms with E-state index in [-0.39, 0.29) is 24.8 Å². The van der Waals surface area contributed by atoms with Gasteiger partial charge in [-0.1, -0.05) is 20.8 Å². The van der Waals surface area contributed by atoms with Crippen molar-refractivity contribution in [1.29, 1.82) is 0 Å². The third kappa shape index (κ3) is 1.47. The molecule has 1 unspecified atom stereocenters. The predicted octanol–water partition coefficient (Wildman–Crippen LogP) is 1.99. The molecule has 0 aromatic carbocycles. The van der Waals surface area contributed by atoms with Crippen LogP contribution in [-0.2, 0) is 9.31 Å². The van der Waals surface area contributed by atoms with Crippen molar-refractivity contribution >= 4 is 7.12 Å². The van der Waals surface area contributed by atoms with Crippen LogP contribution in [0, 0.1) is 17.3 Å². The molecule has 0 spiro atoms. The van der Waals surface area contributed by atoms with Crippen LogP contribution < -0.4 is 5.73 Å². The summed E-state index contributed by atoms with van der Waals surface area (Å²) in [5.74, 6) is 1.46. The number of hydrogen-bond acceptors (Lipinski definition) is 3. The van der Waals surface area contributed by atoms with Gasteiger partial charge in [0.15, 0.2) is 0 Å². The molecule has 5 atom stereocenters. The Labute approximate surface area is 105 Å². The summed E-state index contributed by atoms with van der Waals surface area (Å²) >= 11 is 0. The minimum absolute atomic E-state index is 0.0118. The van der Waals surface area contributed by atoms with E-state index in [0.717, 1.165) is 18.8 Å². The maximum absolute atomic E-state index is 6.16. The molecule has 3 nitrogen and oxygen atoms in total. The second-order valence-corrected chi connectivity index (χ2v) is 6.99. The number of rotatable bonds is 2. The van der Waals surface area contributed by atoms with Crippen LogP contribution in [0.2, 0.25) is 0 Å². The molecule has 0 aromatic heterocycles. The molecule has 4 heteroatoms. The van der Waals surface area contributed by atoms with Gasteiger partial charge in [0.2, 0.25) is 0 Å². The van der Waals surface area contributed by atoms with Gasteiger partial charge in [-0.05, 0) is 43.4 Å². The molecule has 1 saturated heterocycles. The van der Waals surface area contributed by atoms with Crippen LogP contribution in [0.4, 0.5) is 0 Å². The Kier molecular flexibility index (Phi) is 2.46. The van der Waals surface area contributed by atoms with Crippen LogP contribution >= 0.6 is 0 Å². The minimum atomic E-state index is -0.190. The highest BCUT2D eigenvalue weighted by Gasteiger charge is 2.67. The molecule has 2 N–H and O–H groups in total. The molecule has 4 rings (SSSR count). The molecule has 96 valence electrons. The fourth-order valence-corrected chi connectivity index (χ4v) is 4.12. The molecular weight excluding hydrogens is 213 g/mol. The zero-order chi connectivity index (χ0) is 12.4. The van der Waals surface area contributed by atoms with E-state index in [1.165, 1.54) is 6.42 Å². The van der Waals surface area contributed by atoms with Crippen molar-refractivity contribution in [2.45, 2.75) is 64.6 Å². The van der Waals surface area contributed by atoms with Gasteiger partial charge in [0.05, 0.1) is 11.7 Å². The van der Waals surface area contributed by atoms with Crippen molar-refractivity contribution in [3.63, 3.8) is 0 Å². The normalized spacial score (nSPS) is 48.5. The Morgan fingerprint density at radius 2 is 2.12 bits per heavy atom. The third-order valence-corrected chi connectivity index (χ3v) is 5.65. The lowest BCUT2D eigenvalue weighted by Crippen LogP contribution is -2.63. The first-order valence-corrected chi connectivity index (χ1v) is 6.97. The lowest BCUT2D eigenvalue weighted by molar-refractivity contribution is -0.185. The lowest BCUT2D eigenvalue weighted by Gasteiger charge is -2.63. The van der Waals surface area contributed by atoms with Crippen molar-refractivity contribution in [3.05, 3.63) is 0 Å². The largest absolute Gasteiger partial charge is 0.475 e. The van der Waals surface area contributed by atoms with Crippen molar-refractivity contribution in [3.8, 4) is 0 Å². The molecule has 4 fully saturated rings. The molecule has 17 heavy (non-hydrogen) atoms. The zero-order valence-electron chi connectivity index (χ0n) is 11.4. The first-order valence-electron chi connectivity index (χ1n) is 6.97. The van der Waals surface area contributed by atoms with Gasteiger partial charge in [0.25, 0.3) is 0 Å². The zero-order valence-corrected chi connectivity index (χ0v) is 11.4. The Balaban J connectivity index is 1.81. The smallest absolute Gasteiger partial charge is 0.404 e. The fourth-order valence-electron chi connectivity index (χ4n) is 4.12. The van der Waals surface area contributed by atoms with Crippen LogP contribution in [0.25, 0.3) is 0 Å². The number of nitrogens with two attached hydrogens (primary N) is 1. The molecule has 1 heterocycles. The SMILES string of the molecule is CC[C@@H](N)B1O[C@H]2[C@@H]3CC(C[C@@]2(C)O1)C3(C)C. The summed E-state index contributed by atoms with van der Waals surface area (Å²) < 4.78 is 12.3. The topological polar surface area (TPSA) is 44.5 Å². The summed E-state index contributed by atoms with van der Waals surface area (Å²) in [5.41, 5.74) is 6.41. The quantitative estimate of drug-likeness (QED) is 0.747. The van der Waals surface area contributed by atoms with Crippen molar-refractivity contribution in [1.82, 2.24) is 0 Å². The highest BCUT2D eigenvalue weighted by molar-refractivity contribution is 6.47. The van der Waals surface area contributed by atoms with Crippen LogP contribution in [0.1, 0.15) is 47.0 Å². The summed E-state index contributed by atoms with van der Waals surface area (Å²) in [4.78, 5) is 0. The second kappa shape index (κ2) is 3.49. The van der Waals surface area contributed by atoms with Crippen molar-refractivity contribution in [2.24, 2.45) is 23.0 Å². The summed E-state index contributed by atoms with van der Waals surface area (Å²) in [6.45, 7) is 9.06. The van der Waals surface area contributed by atoms with Crippen LogP contribution in [0.5, 0.6) is 0 Å². The summed E-state index contributed by atoms with van der Waals surface area (Å²) in [7, 11) is -0.190. The maximum atomic E-state index is 6.16. The molecular formula is C13H24BNO2. The van der Waals surface area contributed by atoms with E-state index in [4.69, 9.17) is 15.0 Å². The van der Waals surface area contributed by atoms with E-state index in [2.05, 4.69) is 27.7 Å². The standard InChI is InChI=1S/C13H24BNO2/c1-5-10(15)14-16-11-9-6-8(12(9,2)3)7-13(11,4)17-14/h8-11H,5-7,15H2,1-4H3/t8?,9-,10+,11-,13+/m0/s1. The molecule has 0 aromatic rings. The van der Waals surface area contributed by atoms with Gasteiger partial charge >= 0.3 is 7.12 Å². The van der Waals surface area contributed by atoms with E-state index >= 15 is 0 Å². The Morgan fingerprint density at radius 1 is 1.41 bits per heavy atom. The van der Waals surface area contributed by atoms with Gasteiger partial charge in [0, 0.05) is 5.94 Å². The third-order valence-electron chi connectivity index (χ3n) is 5.65. The highest BCUT2D eigenvalue weighted by atomic mass is 16.7. The van der Waals surface area contributed by atoms with Crippen LogP contribution in [0.3, 0.4) is 0 Å². The summed E-state index contributed by atoms with van der Waals surface area (Å²) in [5, 5.41) is 0. The predicted molar refractivity (Wildman–Crippen MR) is 68.4 cm³/mol. The Bertz CT molecular complexity index is 335. The van der Waals surface area contributed by atoms with Gasteiger partial charge in [-0.3, -0.25) is 0 Å². The molecule has 3 saturated carbocycles. The van der Waals surface area contributed by atoms with E-state index in [0.29, 0.717) is 11.3 Å². The highest BCUT2D eigenvalue weighted by Crippen LogP contribution is 2.64. The van der Waals surface area contributed by atoms with Crippen LogP contribution in [0.15, 0.2) is 0 Å². The molecule has 3 aliphatic carbocycles. The Morgan fingerprint density at radius 3 is 2.71 bits per heavy atom. The molecule has 4 aliphatic rings. The van der Waals surface area contributed by atoms with Crippen LogP contribution in [-0.4, -0.2) is 24.8 Å². The van der Waals surface area contributed by atoms with Gasteiger partial charge in [-0.2, -0.15) is 0 Å². The van der Waals surface area contributed by atoms with Crippen molar-refractivity contribution < 1.29 is 9.31 Å². The van der Waals surface area contributed by atoms with E-state index in [1.807, 2.05) is 0 Å². The van der Waals surface area contributed by atoms with Gasteiger partial charge in [-0.15, -0.1) is 0 Å². The maximum Gasteiger partial charge on any atom is 0.475 e. The van der Waals surface area contributed by atoms with E-state index in [1.54, 1.807) is 0 Å². The molecule has 2 bridgehead atoms. The summed E-state index contributed by atoms with van der Waals surface area (Å²) in [6.07, 6.45) is 3.61. The van der Waals surface area contributed by atoms with E-state index < -0.39 is 0 Å². The fraction of sp³-hybridized carbons (Fsp3) is 1.00. The lowest BCUT2D eigenvalue weighted by atomic mass is 9.45. The molecule has 0 radical (unpaired) electrons. The summed E-state index contributed by atoms with van der Waals surface area (Å²) in [6, 6.07) is 0. The second-order valence-electron chi connectivity index (χ2n) is 6.99. The van der Waals surface area contributed by atoms with Gasteiger partial charge in [0.1, 0.15) is 0 Å². The minimum Gasteiger partial charge on any atom is -0.404 e. The van der Waals surface area contributed by atoms with E-state index in [9.17, 15) is 0 Å². The monoisotopic (exact) mass is 237 g/mol. The Hall–Kier alpha value is -0.0551. The van der Waals surface area contributed by atoms with Gasteiger partial charge < -0.3 is 15.0 Å². The van der Waals surface area contributed by atoms with Crippen molar-refractivity contribution in [2.75, 3.05) is 0 Å². The first-order chi connectivity index (χ1) is 7.88. The molecule has 1 aliphatic heterocycles. The number of hydrogen-bond donors (Lipinski definition) is 1. The molecule has 0 amide bonds. The van der Waals surface area contributed by atoms with Gasteiger partial charge in [-0.25, -0.2) is 0 Å². The first kappa shape index (κ1) is 12.0. The average molecular weight is 237 g/mol.